The summed E-state index contributed by atoms with van der Waals surface area (Å²) in [6.45, 7) is 2.69. The van der Waals surface area contributed by atoms with Crippen molar-refractivity contribution in [2.75, 3.05) is 6.54 Å². The molecule has 0 spiro atoms. The molecule has 0 bridgehead atoms. The maximum Gasteiger partial charge on any atom is 0.159 e. The van der Waals surface area contributed by atoms with Crippen molar-refractivity contribution in [1.82, 2.24) is 10.3 Å². The number of nitrogens with zero attached hydrogens (tertiary/aromatic N) is 1. The van der Waals surface area contributed by atoms with Crippen LogP contribution < -0.4 is 5.32 Å². The van der Waals surface area contributed by atoms with Crippen LogP contribution >= 0.6 is 11.6 Å². The molecule has 5 heteroatoms. The summed E-state index contributed by atoms with van der Waals surface area (Å²) in [4.78, 5) is 4.27. The van der Waals surface area contributed by atoms with Crippen molar-refractivity contribution >= 4 is 11.6 Å². The van der Waals surface area contributed by atoms with E-state index in [-0.39, 0.29) is 6.04 Å². The summed E-state index contributed by atoms with van der Waals surface area (Å²) in [6.07, 6.45) is 2.15. The molecule has 0 aliphatic heterocycles. The first-order chi connectivity index (χ1) is 9.61. The molecule has 0 saturated heterocycles. The monoisotopic (exact) mass is 296 g/mol. The van der Waals surface area contributed by atoms with E-state index < -0.39 is 11.6 Å². The lowest BCUT2D eigenvalue weighted by Gasteiger charge is -2.18. The number of likely N-dealkylation sites (N-methyl/N-ethyl adjacent to an activating group) is 1. The molecule has 0 amide bonds. The van der Waals surface area contributed by atoms with E-state index in [1.54, 1.807) is 24.4 Å². The second-order valence-electron chi connectivity index (χ2n) is 4.43. The van der Waals surface area contributed by atoms with Crippen molar-refractivity contribution in [3.05, 3.63) is 64.4 Å². The van der Waals surface area contributed by atoms with E-state index in [0.717, 1.165) is 12.6 Å². The summed E-state index contributed by atoms with van der Waals surface area (Å²) in [7, 11) is 0. The topological polar surface area (TPSA) is 24.9 Å². The van der Waals surface area contributed by atoms with Crippen molar-refractivity contribution in [3.63, 3.8) is 0 Å². The molecule has 2 nitrogen and oxygen atoms in total. The minimum Gasteiger partial charge on any atom is -0.309 e. The van der Waals surface area contributed by atoms with Crippen LogP contribution in [0, 0.1) is 11.6 Å². The van der Waals surface area contributed by atoms with Crippen LogP contribution in [-0.4, -0.2) is 11.5 Å². The lowest BCUT2D eigenvalue weighted by molar-refractivity contribution is 0.501. The Kier molecular flexibility index (Phi) is 5.04. The van der Waals surface area contributed by atoms with E-state index in [9.17, 15) is 8.78 Å². The van der Waals surface area contributed by atoms with Gasteiger partial charge >= 0.3 is 0 Å². The Hall–Kier alpha value is -1.52. The number of hydrogen-bond acceptors (Lipinski definition) is 2. The Bertz CT molecular complexity index is 590. The van der Waals surface area contributed by atoms with Crippen LogP contribution in [0.4, 0.5) is 8.78 Å². The van der Waals surface area contributed by atoms with E-state index in [4.69, 9.17) is 11.6 Å². The third-order valence-corrected chi connectivity index (χ3v) is 3.31. The number of hydrogen-bond donors (Lipinski definition) is 1. The molecule has 0 fully saturated rings. The van der Waals surface area contributed by atoms with Gasteiger partial charge in [0.05, 0.1) is 16.8 Å². The van der Waals surface area contributed by atoms with Gasteiger partial charge in [-0.1, -0.05) is 24.6 Å². The fourth-order valence-electron chi connectivity index (χ4n) is 2.07. The number of pyridine rings is 1. The van der Waals surface area contributed by atoms with Crippen molar-refractivity contribution < 1.29 is 8.78 Å². The summed E-state index contributed by atoms with van der Waals surface area (Å²) >= 11 is 6.14. The summed E-state index contributed by atoms with van der Waals surface area (Å²) in [5.41, 5.74) is 1.40. The molecule has 1 N–H and O–H groups in total. The minimum atomic E-state index is -0.843. The molecule has 2 aromatic rings. The third kappa shape index (κ3) is 3.52. The molecular weight excluding hydrogens is 282 g/mol. The zero-order chi connectivity index (χ0) is 14.5. The van der Waals surface area contributed by atoms with Gasteiger partial charge in [-0.15, -0.1) is 0 Å². The number of benzene rings is 1. The average molecular weight is 297 g/mol. The summed E-state index contributed by atoms with van der Waals surface area (Å²) < 4.78 is 26.2. The van der Waals surface area contributed by atoms with Gasteiger partial charge in [0.2, 0.25) is 0 Å². The van der Waals surface area contributed by atoms with Crippen LogP contribution in [0.25, 0.3) is 0 Å². The lowest BCUT2D eigenvalue weighted by atomic mass is 10.0. The highest BCUT2D eigenvalue weighted by molar-refractivity contribution is 6.31. The van der Waals surface area contributed by atoms with Crippen LogP contribution in [0.2, 0.25) is 5.02 Å². The van der Waals surface area contributed by atoms with E-state index in [2.05, 4.69) is 10.3 Å². The fraction of sp³-hybridized carbons (Fsp3) is 0.267. The van der Waals surface area contributed by atoms with Crippen LogP contribution in [0.1, 0.15) is 24.2 Å². The largest absolute Gasteiger partial charge is 0.309 e. The Morgan fingerprint density at radius 1 is 1.25 bits per heavy atom. The molecule has 106 valence electrons. The second-order valence-corrected chi connectivity index (χ2v) is 4.84. The minimum absolute atomic E-state index is 0.140. The normalized spacial score (nSPS) is 12.4. The maximum atomic E-state index is 13.3. The maximum absolute atomic E-state index is 13.3. The van der Waals surface area contributed by atoms with Crippen LogP contribution in [0.15, 0.2) is 36.5 Å². The molecule has 1 atom stereocenters. The first-order valence-electron chi connectivity index (χ1n) is 6.39. The molecule has 1 aromatic carbocycles. The Balaban J connectivity index is 2.25. The van der Waals surface area contributed by atoms with Crippen molar-refractivity contribution in [2.45, 2.75) is 19.4 Å². The molecule has 1 aromatic heterocycles. The molecular formula is C15H15ClF2N2. The number of nitrogens with one attached hydrogen (secondary N) is 1. The Morgan fingerprint density at radius 2 is 2.05 bits per heavy atom. The number of rotatable bonds is 5. The van der Waals surface area contributed by atoms with Gasteiger partial charge in [-0.25, -0.2) is 8.78 Å². The van der Waals surface area contributed by atoms with Crippen molar-refractivity contribution in [3.8, 4) is 0 Å². The van der Waals surface area contributed by atoms with Crippen molar-refractivity contribution in [1.29, 1.82) is 0 Å². The first-order valence-corrected chi connectivity index (χ1v) is 6.77. The molecule has 0 radical (unpaired) electrons. The summed E-state index contributed by atoms with van der Waals surface area (Å²) in [5, 5.41) is 3.82. The first kappa shape index (κ1) is 14.9. The molecule has 0 saturated carbocycles. The standard InChI is InChI=1S/C15H15ClF2N2/c1-2-19-14(15-11(16)4-3-7-20-15)9-10-5-6-12(17)13(18)8-10/h3-8,14,19H,2,9H2,1H3. The third-order valence-electron chi connectivity index (χ3n) is 2.99. The number of halogens is 3. The highest BCUT2D eigenvalue weighted by Crippen LogP contribution is 2.24. The number of aromatic nitrogens is 1. The summed E-state index contributed by atoms with van der Waals surface area (Å²) in [6, 6.07) is 7.29. The molecule has 0 aliphatic carbocycles. The molecule has 0 aliphatic rings. The van der Waals surface area contributed by atoms with Gasteiger partial charge in [0.25, 0.3) is 0 Å². The van der Waals surface area contributed by atoms with E-state index >= 15 is 0 Å². The zero-order valence-corrected chi connectivity index (χ0v) is 11.8. The van der Waals surface area contributed by atoms with Gasteiger partial charge in [0, 0.05) is 6.20 Å². The van der Waals surface area contributed by atoms with Gasteiger partial charge < -0.3 is 5.32 Å². The van der Waals surface area contributed by atoms with Crippen LogP contribution in [0.3, 0.4) is 0 Å². The molecule has 1 unspecified atom stereocenters. The van der Waals surface area contributed by atoms with Gasteiger partial charge in [0.15, 0.2) is 11.6 Å². The SMILES string of the molecule is CCNC(Cc1ccc(F)c(F)c1)c1ncccc1Cl. The highest BCUT2D eigenvalue weighted by Gasteiger charge is 2.16. The van der Waals surface area contributed by atoms with Gasteiger partial charge in [-0.05, 0) is 42.8 Å². The van der Waals surface area contributed by atoms with E-state index in [0.29, 0.717) is 22.7 Å². The van der Waals surface area contributed by atoms with Crippen molar-refractivity contribution in [2.24, 2.45) is 0 Å². The molecule has 2 rings (SSSR count). The average Bonchev–Trinajstić information content (AvgIpc) is 2.43. The van der Waals surface area contributed by atoms with Gasteiger partial charge in [-0.2, -0.15) is 0 Å². The highest BCUT2D eigenvalue weighted by atomic mass is 35.5. The predicted molar refractivity (Wildman–Crippen MR) is 75.7 cm³/mol. The van der Waals surface area contributed by atoms with E-state index in [1.165, 1.54) is 6.07 Å². The smallest absolute Gasteiger partial charge is 0.159 e. The van der Waals surface area contributed by atoms with E-state index in [1.807, 2.05) is 6.92 Å². The molecule has 20 heavy (non-hydrogen) atoms. The molecule has 1 heterocycles. The Labute approximate surface area is 121 Å². The van der Waals surface area contributed by atoms with Gasteiger partial charge in [0.1, 0.15) is 0 Å². The quantitative estimate of drug-likeness (QED) is 0.905. The second kappa shape index (κ2) is 6.77. The van der Waals surface area contributed by atoms with Gasteiger partial charge in [-0.3, -0.25) is 4.98 Å². The summed E-state index contributed by atoms with van der Waals surface area (Å²) in [5.74, 6) is -1.69. The zero-order valence-electron chi connectivity index (χ0n) is 11.0. The lowest BCUT2D eigenvalue weighted by Crippen LogP contribution is -2.24. The Morgan fingerprint density at radius 3 is 2.70 bits per heavy atom. The fourth-order valence-corrected chi connectivity index (χ4v) is 2.32. The van der Waals surface area contributed by atoms with Crippen LogP contribution in [0.5, 0.6) is 0 Å². The van der Waals surface area contributed by atoms with Crippen LogP contribution in [-0.2, 0) is 6.42 Å². The predicted octanol–water partition coefficient (Wildman–Crippen LogP) is 3.91.